The van der Waals surface area contributed by atoms with E-state index in [0.717, 1.165) is 42.8 Å². The van der Waals surface area contributed by atoms with E-state index in [1.54, 1.807) is 4.57 Å². The van der Waals surface area contributed by atoms with E-state index in [4.69, 9.17) is 10.7 Å². The van der Waals surface area contributed by atoms with E-state index < -0.39 is 0 Å². The maximum Gasteiger partial charge on any atom is 0.332 e. The third-order valence-corrected chi connectivity index (χ3v) is 6.75. The van der Waals surface area contributed by atoms with E-state index in [1.807, 2.05) is 47.0 Å². The molecule has 196 valence electrons. The third kappa shape index (κ3) is 6.20. The first-order valence-electron chi connectivity index (χ1n) is 13.3. The van der Waals surface area contributed by atoms with Crippen LogP contribution in [0.3, 0.4) is 0 Å². The van der Waals surface area contributed by atoms with E-state index in [0.29, 0.717) is 55.9 Å². The second kappa shape index (κ2) is 12.5. The molecule has 37 heavy (non-hydrogen) atoms. The third-order valence-electron chi connectivity index (χ3n) is 6.75. The van der Waals surface area contributed by atoms with Crippen molar-refractivity contribution in [3.63, 3.8) is 0 Å². The van der Waals surface area contributed by atoms with Gasteiger partial charge in [-0.25, -0.2) is 9.78 Å². The van der Waals surface area contributed by atoms with Crippen LogP contribution < -0.4 is 22.3 Å². The molecule has 3 N–H and O–H groups in total. The van der Waals surface area contributed by atoms with Crippen molar-refractivity contribution in [2.24, 2.45) is 0 Å². The quantitative estimate of drug-likeness (QED) is 0.215. The van der Waals surface area contributed by atoms with Gasteiger partial charge in [-0.15, -0.1) is 0 Å². The van der Waals surface area contributed by atoms with Crippen molar-refractivity contribution in [3.05, 3.63) is 92.4 Å². The molecule has 0 unspecified atom stereocenters. The van der Waals surface area contributed by atoms with Crippen molar-refractivity contribution in [2.75, 3.05) is 18.8 Å². The Balaban J connectivity index is 1.85. The number of nitrogen functional groups attached to an aromatic ring is 1. The lowest BCUT2D eigenvalue weighted by molar-refractivity contribution is 0.528. The summed E-state index contributed by atoms with van der Waals surface area (Å²) in [6.45, 7) is 7.18. The Hall–Kier alpha value is -3.65. The number of aryl methyl sites for hydroxylation is 2. The number of nitrogens with two attached hydrogens (primary N) is 1. The summed E-state index contributed by atoms with van der Waals surface area (Å²) >= 11 is 0. The van der Waals surface area contributed by atoms with Crippen molar-refractivity contribution >= 4 is 16.9 Å². The van der Waals surface area contributed by atoms with Crippen LogP contribution in [0.1, 0.15) is 50.1 Å². The van der Waals surface area contributed by atoms with Crippen LogP contribution in [0.5, 0.6) is 0 Å². The normalized spacial score (nSPS) is 11.4. The molecule has 2 aromatic heterocycles. The standard InChI is InChI=1S/C29H38N6O2/c1-3-5-9-18-35-28(36)26-27(34(29(35)37)19-16-22-12-14-24(30)15-13-22)32-25(33(26)20-17-31-4-2)21-23-10-7-6-8-11-23/h6-8,10-15,31H,3-5,9,16-21,30H2,1-2H3. The van der Waals surface area contributed by atoms with Crippen LogP contribution >= 0.6 is 0 Å². The maximum atomic E-state index is 13.8. The van der Waals surface area contributed by atoms with Gasteiger partial charge in [0.05, 0.1) is 0 Å². The number of rotatable bonds is 13. The number of nitrogens with zero attached hydrogens (tertiary/aromatic N) is 4. The number of unbranched alkanes of at least 4 members (excludes halogenated alkanes) is 2. The number of likely N-dealkylation sites (N-methyl/N-ethyl adjacent to an activating group) is 1. The fourth-order valence-corrected chi connectivity index (χ4v) is 4.70. The van der Waals surface area contributed by atoms with Gasteiger partial charge in [-0.1, -0.05) is 69.2 Å². The zero-order valence-electron chi connectivity index (χ0n) is 21.9. The van der Waals surface area contributed by atoms with Gasteiger partial charge in [0.2, 0.25) is 0 Å². The van der Waals surface area contributed by atoms with E-state index in [1.165, 1.54) is 4.57 Å². The number of aromatic nitrogens is 4. The number of anilines is 1. The van der Waals surface area contributed by atoms with Gasteiger partial charge in [0, 0.05) is 38.3 Å². The summed E-state index contributed by atoms with van der Waals surface area (Å²) in [6, 6.07) is 17.8. The molecule has 0 aliphatic carbocycles. The molecule has 2 heterocycles. The van der Waals surface area contributed by atoms with Gasteiger partial charge in [0.25, 0.3) is 5.56 Å². The minimum Gasteiger partial charge on any atom is -0.399 e. The van der Waals surface area contributed by atoms with Crippen LogP contribution in [-0.2, 0) is 32.5 Å². The predicted octanol–water partition coefficient (Wildman–Crippen LogP) is 3.58. The minimum atomic E-state index is -0.286. The van der Waals surface area contributed by atoms with Gasteiger partial charge < -0.3 is 15.6 Å². The summed E-state index contributed by atoms with van der Waals surface area (Å²) in [5.41, 5.74) is 9.20. The molecular formula is C29H38N6O2. The van der Waals surface area contributed by atoms with Crippen LogP contribution in [0.15, 0.2) is 64.2 Å². The van der Waals surface area contributed by atoms with Crippen molar-refractivity contribution < 1.29 is 0 Å². The Morgan fingerprint density at radius 3 is 2.30 bits per heavy atom. The molecule has 0 amide bonds. The summed E-state index contributed by atoms with van der Waals surface area (Å²) in [5, 5.41) is 3.36. The molecule has 8 nitrogen and oxygen atoms in total. The molecular weight excluding hydrogens is 464 g/mol. The Kier molecular flexibility index (Phi) is 8.95. The number of hydrogen-bond donors (Lipinski definition) is 2. The molecule has 0 spiro atoms. The number of fused-ring (bicyclic) bond motifs is 1. The lowest BCUT2D eigenvalue weighted by atomic mass is 10.1. The largest absolute Gasteiger partial charge is 0.399 e. The highest BCUT2D eigenvalue weighted by molar-refractivity contribution is 5.71. The van der Waals surface area contributed by atoms with Crippen molar-refractivity contribution in [3.8, 4) is 0 Å². The van der Waals surface area contributed by atoms with Gasteiger partial charge in [0.1, 0.15) is 5.82 Å². The molecule has 2 aromatic carbocycles. The molecule has 4 aromatic rings. The Bertz CT molecular complexity index is 1420. The molecule has 0 saturated heterocycles. The van der Waals surface area contributed by atoms with Gasteiger partial charge >= 0.3 is 5.69 Å². The SMILES string of the molecule is CCCCCn1c(=O)c2c(nc(Cc3ccccc3)n2CCNCC)n(CCc2ccc(N)cc2)c1=O. The summed E-state index contributed by atoms with van der Waals surface area (Å²) in [7, 11) is 0. The second-order valence-electron chi connectivity index (χ2n) is 9.46. The van der Waals surface area contributed by atoms with Crippen LogP contribution in [0.25, 0.3) is 11.2 Å². The van der Waals surface area contributed by atoms with Crippen molar-refractivity contribution in [2.45, 2.75) is 65.6 Å². The zero-order chi connectivity index (χ0) is 26.2. The Morgan fingerprint density at radius 1 is 0.838 bits per heavy atom. The summed E-state index contributed by atoms with van der Waals surface area (Å²) in [6.07, 6.45) is 4.00. The van der Waals surface area contributed by atoms with Crippen LogP contribution in [0.2, 0.25) is 0 Å². The molecule has 4 rings (SSSR count). The first-order chi connectivity index (χ1) is 18.0. The van der Waals surface area contributed by atoms with E-state index in [2.05, 4.69) is 31.3 Å². The Labute approximate surface area is 217 Å². The monoisotopic (exact) mass is 502 g/mol. The molecule has 8 heteroatoms. The highest BCUT2D eigenvalue weighted by Crippen LogP contribution is 2.17. The van der Waals surface area contributed by atoms with E-state index in [-0.39, 0.29) is 11.2 Å². The second-order valence-corrected chi connectivity index (χ2v) is 9.46. The van der Waals surface area contributed by atoms with Crippen LogP contribution in [0.4, 0.5) is 5.69 Å². The predicted molar refractivity (Wildman–Crippen MR) is 150 cm³/mol. The molecule has 0 atom stereocenters. The summed E-state index contributed by atoms with van der Waals surface area (Å²) in [4.78, 5) is 32.4. The number of benzene rings is 2. The summed E-state index contributed by atoms with van der Waals surface area (Å²) in [5.74, 6) is 0.795. The molecule has 0 bridgehead atoms. The highest BCUT2D eigenvalue weighted by Gasteiger charge is 2.21. The van der Waals surface area contributed by atoms with Gasteiger partial charge in [0.15, 0.2) is 11.2 Å². The highest BCUT2D eigenvalue weighted by atomic mass is 16.2. The zero-order valence-corrected chi connectivity index (χ0v) is 21.9. The maximum absolute atomic E-state index is 13.8. The lowest BCUT2D eigenvalue weighted by Crippen LogP contribution is -2.41. The summed E-state index contributed by atoms with van der Waals surface area (Å²) < 4.78 is 5.12. The van der Waals surface area contributed by atoms with Crippen LogP contribution in [-0.4, -0.2) is 31.8 Å². The number of imidazole rings is 1. The molecule has 0 aliphatic heterocycles. The molecule has 0 saturated carbocycles. The molecule has 0 aliphatic rings. The lowest BCUT2D eigenvalue weighted by Gasteiger charge is -2.13. The van der Waals surface area contributed by atoms with Crippen molar-refractivity contribution in [1.29, 1.82) is 0 Å². The minimum absolute atomic E-state index is 0.247. The van der Waals surface area contributed by atoms with E-state index >= 15 is 0 Å². The average Bonchev–Trinajstić information content (AvgIpc) is 3.25. The fraction of sp³-hybridized carbons (Fsp3) is 0.414. The fourth-order valence-electron chi connectivity index (χ4n) is 4.70. The van der Waals surface area contributed by atoms with E-state index in [9.17, 15) is 9.59 Å². The topological polar surface area (TPSA) is 99.9 Å². The van der Waals surface area contributed by atoms with Gasteiger partial charge in [-0.3, -0.25) is 13.9 Å². The number of nitrogens with one attached hydrogen (secondary N) is 1. The first kappa shape index (κ1) is 26.4. The van der Waals surface area contributed by atoms with Crippen LogP contribution in [0, 0.1) is 0 Å². The first-order valence-corrected chi connectivity index (χ1v) is 13.3. The van der Waals surface area contributed by atoms with Crippen molar-refractivity contribution in [1.82, 2.24) is 24.0 Å². The molecule has 0 fully saturated rings. The molecule has 0 radical (unpaired) electrons. The van der Waals surface area contributed by atoms with Gasteiger partial charge in [-0.2, -0.15) is 0 Å². The number of hydrogen-bond acceptors (Lipinski definition) is 5. The van der Waals surface area contributed by atoms with Gasteiger partial charge in [-0.05, 0) is 42.6 Å². The Morgan fingerprint density at radius 2 is 1.59 bits per heavy atom. The smallest absolute Gasteiger partial charge is 0.332 e. The average molecular weight is 503 g/mol.